The number of carboxylic acid groups (broad SMARTS) is 1. The quantitative estimate of drug-likeness (QED) is 0.503. The van der Waals surface area contributed by atoms with Crippen molar-refractivity contribution < 1.29 is 14.0 Å². The molecule has 0 rings (SSSR count). The van der Waals surface area contributed by atoms with Crippen molar-refractivity contribution in [2.24, 2.45) is 0 Å². The summed E-state index contributed by atoms with van der Waals surface area (Å²) < 4.78 is 20.1. The van der Waals surface area contributed by atoms with Crippen molar-refractivity contribution in [2.75, 3.05) is 0 Å². The Balaban J connectivity index is 4.56. The first kappa shape index (κ1) is 2.50. The second kappa shape index (κ2) is 2.39. The standard InChI is InChI=1S/C5H8O2/c1-3-4(2)5(6)7/h3H,1-2H3,(H,6,7)/b4-3-/i2D3. The number of hydrogen-bond acceptors (Lipinski definition) is 1. The van der Waals surface area contributed by atoms with Crippen molar-refractivity contribution >= 4 is 5.97 Å². The van der Waals surface area contributed by atoms with Crippen molar-refractivity contribution in [3.8, 4) is 0 Å². The van der Waals surface area contributed by atoms with Gasteiger partial charge < -0.3 is 5.11 Å². The van der Waals surface area contributed by atoms with Crippen molar-refractivity contribution in [1.29, 1.82) is 0 Å². The van der Waals surface area contributed by atoms with E-state index in [4.69, 9.17) is 9.22 Å². The third-order valence-corrected chi connectivity index (χ3v) is 0.519. The molecule has 0 saturated heterocycles. The monoisotopic (exact) mass is 103 g/mol. The molecular formula is C5H8O2. The Bertz CT molecular complexity index is 168. The van der Waals surface area contributed by atoms with E-state index < -0.39 is 18.4 Å². The fourth-order valence-electron chi connectivity index (χ4n) is 0.123. The van der Waals surface area contributed by atoms with Gasteiger partial charge in [0.1, 0.15) is 0 Å². The zero-order chi connectivity index (χ0) is 8.36. The molecule has 0 saturated carbocycles. The van der Waals surface area contributed by atoms with E-state index in [1.54, 1.807) is 0 Å². The van der Waals surface area contributed by atoms with Gasteiger partial charge >= 0.3 is 5.97 Å². The lowest BCUT2D eigenvalue weighted by molar-refractivity contribution is -0.132. The summed E-state index contributed by atoms with van der Waals surface area (Å²) in [5, 5.41) is 8.28. The summed E-state index contributed by atoms with van der Waals surface area (Å²) in [6.07, 6.45) is 1.08. The Kier molecular flexibility index (Phi) is 0.855. The molecule has 2 nitrogen and oxygen atoms in total. The highest BCUT2D eigenvalue weighted by Gasteiger charge is 1.93. The van der Waals surface area contributed by atoms with Gasteiger partial charge in [-0.3, -0.25) is 0 Å². The first-order valence-electron chi connectivity index (χ1n) is 3.29. The molecule has 0 aromatic heterocycles. The Labute approximate surface area is 46.7 Å². The number of allylic oxidation sites excluding steroid dienone is 1. The lowest BCUT2D eigenvalue weighted by atomic mass is 10.3. The van der Waals surface area contributed by atoms with E-state index in [1.807, 2.05) is 0 Å². The Hall–Kier alpha value is -0.790. The van der Waals surface area contributed by atoms with Gasteiger partial charge in [-0.25, -0.2) is 4.79 Å². The maximum atomic E-state index is 10.1. The van der Waals surface area contributed by atoms with E-state index in [0.717, 1.165) is 6.08 Å². The maximum Gasteiger partial charge on any atom is 0.330 e. The number of aliphatic carboxylic acids is 1. The molecule has 0 radical (unpaired) electrons. The molecule has 2 heteroatoms. The third kappa shape index (κ3) is 1.98. The van der Waals surface area contributed by atoms with Gasteiger partial charge in [-0.1, -0.05) is 6.08 Å². The summed E-state index contributed by atoms with van der Waals surface area (Å²) in [5.41, 5.74) is -0.535. The van der Waals surface area contributed by atoms with Crippen LogP contribution >= 0.6 is 0 Å². The van der Waals surface area contributed by atoms with Gasteiger partial charge in [0.2, 0.25) is 0 Å². The summed E-state index contributed by atoms with van der Waals surface area (Å²) in [6.45, 7) is -1.11. The van der Waals surface area contributed by atoms with Crippen LogP contribution in [0.3, 0.4) is 0 Å². The van der Waals surface area contributed by atoms with Crippen LogP contribution in [-0.2, 0) is 4.79 Å². The highest BCUT2D eigenvalue weighted by Crippen LogP contribution is 1.87. The van der Waals surface area contributed by atoms with Gasteiger partial charge in [0.25, 0.3) is 0 Å². The minimum absolute atomic E-state index is 0.535. The average Bonchev–Trinajstić information content (AvgIpc) is 1.60. The number of carbonyl (C=O) groups is 1. The molecule has 0 bridgehead atoms. The zero-order valence-electron chi connectivity index (χ0n) is 6.93. The van der Waals surface area contributed by atoms with Crippen LogP contribution in [0.25, 0.3) is 0 Å². The summed E-state index contributed by atoms with van der Waals surface area (Å²) in [7, 11) is 0. The molecule has 0 heterocycles. The van der Waals surface area contributed by atoms with Gasteiger partial charge in [-0.2, -0.15) is 0 Å². The second-order valence-corrected chi connectivity index (χ2v) is 1.01. The minimum Gasteiger partial charge on any atom is -0.478 e. The predicted octanol–water partition coefficient (Wildman–Crippen LogP) is 1.04. The molecule has 0 aliphatic rings. The molecule has 0 fully saturated rings. The van der Waals surface area contributed by atoms with Gasteiger partial charge in [0.05, 0.1) is 0 Å². The van der Waals surface area contributed by atoms with Gasteiger partial charge in [-0.15, -0.1) is 0 Å². The van der Waals surface area contributed by atoms with Gasteiger partial charge in [-0.05, 0) is 13.8 Å². The zero-order valence-corrected chi connectivity index (χ0v) is 3.93. The van der Waals surface area contributed by atoms with E-state index in [2.05, 4.69) is 0 Å². The normalized spacial score (nSPS) is 19.6. The molecule has 7 heavy (non-hydrogen) atoms. The Morgan fingerprint density at radius 3 is 2.57 bits per heavy atom. The molecule has 0 unspecified atom stereocenters. The van der Waals surface area contributed by atoms with Crippen molar-refractivity contribution in [3.05, 3.63) is 11.6 Å². The highest BCUT2D eigenvalue weighted by atomic mass is 16.4. The van der Waals surface area contributed by atoms with Crippen LogP contribution in [0.5, 0.6) is 0 Å². The van der Waals surface area contributed by atoms with Crippen molar-refractivity contribution in [2.45, 2.75) is 13.8 Å². The van der Waals surface area contributed by atoms with E-state index >= 15 is 0 Å². The highest BCUT2D eigenvalue weighted by molar-refractivity contribution is 5.85. The second-order valence-electron chi connectivity index (χ2n) is 1.01. The SMILES string of the molecule is [2H]C([2H])([2H])/C(=C/C)C(=O)O. The summed E-state index contributed by atoms with van der Waals surface area (Å²) in [4.78, 5) is 10.1. The summed E-state index contributed by atoms with van der Waals surface area (Å²) in [5.74, 6) is -1.39. The van der Waals surface area contributed by atoms with Crippen LogP contribution in [-0.4, -0.2) is 11.1 Å². The lowest BCUT2D eigenvalue weighted by Crippen LogP contribution is -1.93. The summed E-state index contributed by atoms with van der Waals surface area (Å²) in [6, 6.07) is 0. The molecule has 0 amide bonds. The van der Waals surface area contributed by atoms with Gasteiger partial charge in [0, 0.05) is 9.69 Å². The maximum absolute atomic E-state index is 10.1. The number of carboxylic acids is 1. The Morgan fingerprint density at radius 1 is 2.00 bits per heavy atom. The molecule has 0 atom stereocenters. The largest absolute Gasteiger partial charge is 0.478 e. The van der Waals surface area contributed by atoms with Crippen LogP contribution in [0.15, 0.2) is 11.6 Å². The summed E-state index contributed by atoms with van der Waals surface area (Å²) >= 11 is 0. The van der Waals surface area contributed by atoms with E-state index in [0.29, 0.717) is 0 Å². The van der Waals surface area contributed by atoms with E-state index in [-0.39, 0.29) is 0 Å². The van der Waals surface area contributed by atoms with Gasteiger partial charge in [0.15, 0.2) is 0 Å². The molecule has 1 N–H and O–H groups in total. The molecule has 0 aromatic rings. The molecule has 0 aliphatic carbocycles. The molecule has 0 aromatic carbocycles. The third-order valence-electron chi connectivity index (χ3n) is 0.519. The van der Waals surface area contributed by atoms with Crippen molar-refractivity contribution in [3.63, 3.8) is 0 Å². The predicted molar refractivity (Wildman–Crippen MR) is 27.1 cm³/mol. The Morgan fingerprint density at radius 2 is 2.57 bits per heavy atom. The van der Waals surface area contributed by atoms with Crippen LogP contribution in [0, 0.1) is 0 Å². The smallest absolute Gasteiger partial charge is 0.330 e. The van der Waals surface area contributed by atoms with E-state index in [9.17, 15) is 4.79 Å². The topological polar surface area (TPSA) is 37.3 Å². The van der Waals surface area contributed by atoms with Crippen molar-refractivity contribution in [1.82, 2.24) is 0 Å². The van der Waals surface area contributed by atoms with Crippen LogP contribution in [0.1, 0.15) is 17.9 Å². The minimum atomic E-state index is -2.50. The van der Waals surface area contributed by atoms with Crippen LogP contribution in [0.2, 0.25) is 0 Å². The molecular weight excluding hydrogens is 92.1 g/mol. The van der Waals surface area contributed by atoms with E-state index in [1.165, 1.54) is 6.92 Å². The van der Waals surface area contributed by atoms with Crippen LogP contribution in [0.4, 0.5) is 0 Å². The molecule has 0 spiro atoms. The lowest BCUT2D eigenvalue weighted by Gasteiger charge is -1.84. The number of rotatable bonds is 1. The molecule has 0 aliphatic heterocycles. The first-order valence-corrected chi connectivity index (χ1v) is 1.79. The fourth-order valence-corrected chi connectivity index (χ4v) is 0.123. The molecule has 40 valence electrons. The average molecular weight is 103 g/mol. The number of hydrogen-bond donors (Lipinski definition) is 1. The van der Waals surface area contributed by atoms with Crippen LogP contribution < -0.4 is 0 Å². The first-order chi connectivity index (χ1) is 4.39. The fraction of sp³-hybridized carbons (Fsp3) is 0.400.